The first kappa shape index (κ1) is 18.4. The van der Waals surface area contributed by atoms with E-state index in [1.54, 1.807) is 38.2 Å². The molecule has 1 rings (SSSR count). The highest BCUT2D eigenvalue weighted by atomic mass is 79.9. The van der Waals surface area contributed by atoms with Crippen molar-refractivity contribution in [2.45, 2.75) is 36.6 Å². The Labute approximate surface area is 130 Å². The van der Waals surface area contributed by atoms with Crippen LogP contribution in [0.4, 0.5) is 13.2 Å². The van der Waals surface area contributed by atoms with Gasteiger partial charge in [0.2, 0.25) is 5.60 Å². The van der Waals surface area contributed by atoms with Crippen molar-refractivity contribution in [3.05, 3.63) is 24.3 Å². The molecule has 1 aliphatic rings. The molecule has 0 radical (unpaired) electrons. The molecular weight excluding hydrogens is 353 g/mol. The van der Waals surface area contributed by atoms with Crippen molar-refractivity contribution in [1.82, 2.24) is 0 Å². The first-order valence-corrected chi connectivity index (χ1v) is 7.07. The summed E-state index contributed by atoms with van der Waals surface area (Å²) in [6, 6.07) is 0. The lowest BCUT2D eigenvalue weighted by molar-refractivity contribution is -0.255. The van der Waals surface area contributed by atoms with Gasteiger partial charge in [-0.1, -0.05) is 32.1 Å². The summed E-state index contributed by atoms with van der Waals surface area (Å²) in [7, 11) is 1.43. The molecule has 120 valence electrons. The third-order valence-electron chi connectivity index (χ3n) is 3.73. The molecule has 0 saturated heterocycles. The maximum Gasteiger partial charge on any atom is 0.424 e. The van der Waals surface area contributed by atoms with E-state index in [1.165, 1.54) is 7.11 Å². The SMILES string of the molecule is COC1(Br)C=CC=CC1C(C)(C)CC(O)(C=O)C(F)(F)F. The minimum absolute atomic E-state index is 0.445. The van der Waals surface area contributed by atoms with Gasteiger partial charge >= 0.3 is 6.18 Å². The fourth-order valence-corrected chi connectivity index (χ4v) is 3.52. The molecule has 0 amide bonds. The molecule has 0 bridgehead atoms. The number of hydrogen-bond acceptors (Lipinski definition) is 3. The molecule has 0 spiro atoms. The van der Waals surface area contributed by atoms with Gasteiger partial charge in [-0.05, 0) is 33.8 Å². The first-order chi connectivity index (χ1) is 9.42. The highest BCUT2D eigenvalue weighted by Crippen LogP contribution is 2.49. The molecule has 1 aliphatic carbocycles. The van der Waals surface area contributed by atoms with Gasteiger partial charge in [0.25, 0.3) is 0 Å². The number of ether oxygens (including phenoxy) is 1. The van der Waals surface area contributed by atoms with Gasteiger partial charge in [-0.25, -0.2) is 0 Å². The molecule has 7 heteroatoms. The molecular formula is C14H18BrF3O3. The van der Waals surface area contributed by atoms with Crippen LogP contribution in [-0.4, -0.2) is 34.8 Å². The Morgan fingerprint density at radius 2 is 1.95 bits per heavy atom. The fraction of sp³-hybridized carbons (Fsp3) is 0.643. The van der Waals surface area contributed by atoms with Crippen LogP contribution in [0.3, 0.4) is 0 Å². The molecule has 0 aromatic heterocycles. The number of carbonyl (C=O) groups excluding carboxylic acids is 1. The van der Waals surface area contributed by atoms with Gasteiger partial charge < -0.3 is 9.84 Å². The second kappa shape index (κ2) is 5.85. The number of aldehydes is 1. The van der Waals surface area contributed by atoms with Crippen LogP contribution in [-0.2, 0) is 9.53 Å². The van der Waals surface area contributed by atoms with Crippen LogP contribution in [0.25, 0.3) is 0 Å². The lowest BCUT2D eigenvalue weighted by Crippen LogP contribution is -2.53. The normalized spacial score (nSPS) is 29.2. The fourth-order valence-electron chi connectivity index (χ4n) is 2.60. The summed E-state index contributed by atoms with van der Waals surface area (Å²) in [4.78, 5) is 10.8. The number of rotatable bonds is 5. The zero-order valence-corrected chi connectivity index (χ0v) is 13.5. The molecule has 0 fully saturated rings. The lowest BCUT2D eigenvalue weighted by Gasteiger charge is -2.45. The summed E-state index contributed by atoms with van der Waals surface area (Å²) in [6.07, 6.45) is 0.528. The van der Waals surface area contributed by atoms with Crippen LogP contribution in [0.2, 0.25) is 0 Å². The van der Waals surface area contributed by atoms with E-state index in [9.17, 15) is 23.1 Å². The van der Waals surface area contributed by atoms with Gasteiger partial charge in [-0.2, -0.15) is 13.2 Å². The Balaban J connectivity index is 3.14. The number of alkyl halides is 4. The summed E-state index contributed by atoms with van der Waals surface area (Å²) >= 11 is 3.37. The topological polar surface area (TPSA) is 46.5 Å². The molecule has 0 aromatic rings. The molecule has 0 saturated carbocycles. The minimum atomic E-state index is -5.03. The van der Waals surface area contributed by atoms with E-state index in [-0.39, 0.29) is 0 Å². The van der Waals surface area contributed by atoms with E-state index in [0.717, 1.165) is 0 Å². The summed E-state index contributed by atoms with van der Waals surface area (Å²) in [5.41, 5.74) is -4.45. The van der Waals surface area contributed by atoms with Crippen molar-refractivity contribution in [2.24, 2.45) is 11.3 Å². The van der Waals surface area contributed by atoms with Gasteiger partial charge in [-0.3, -0.25) is 4.79 Å². The quantitative estimate of drug-likeness (QED) is 0.596. The van der Waals surface area contributed by atoms with Crippen LogP contribution >= 0.6 is 15.9 Å². The Hall–Kier alpha value is -0.660. The number of halogens is 4. The largest absolute Gasteiger partial charge is 0.424 e. The molecule has 0 heterocycles. The van der Waals surface area contributed by atoms with E-state index < -0.39 is 40.3 Å². The highest BCUT2D eigenvalue weighted by molar-refractivity contribution is 9.10. The summed E-state index contributed by atoms with van der Waals surface area (Å²) in [5.74, 6) is -0.506. The van der Waals surface area contributed by atoms with Crippen molar-refractivity contribution in [3.8, 4) is 0 Å². The maximum absolute atomic E-state index is 12.9. The molecule has 3 nitrogen and oxygen atoms in total. The lowest BCUT2D eigenvalue weighted by atomic mass is 9.68. The van der Waals surface area contributed by atoms with E-state index in [1.807, 2.05) is 0 Å². The van der Waals surface area contributed by atoms with Crippen LogP contribution in [0, 0.1) is 11.3 Å². The number of aliphatic hydroxyl groups is 1. The summed E-state index contributed by atoms with van der Waals surface area (Å²) in [6.45, 7) is 3.10. The minimum Gasteiger partial charge on any atom is -0.374 e. The second-order valence-electron chi connectivity index (χ2n) is 5.83. The van der Waals surface area contributed by atoms with Gasteiger partial charge in [0.1, 0.15) is 4.51 Å². The Morgan fingerprint density at radius 1 is 1.38 bits per heavy atom. The van der Waals surface area contributed by atoms with E-state index in [4.69, 9.17) is 4.74 Å². The van der Waals surface area contributed by atoms with E-state index >= 15 is 0 Å². The van der Waals surface area contributed by atoms with Crippen LogP contribution in [0.15, 0.2) is 24.3 Å². The summed E-state index contributed by atoms with van der Waals surface area (Å²) in [5, 5.41) is 9.67. The Kier molecular flexibility index (Phi) is 5.12. The Morgan fingerprint density at radius 3 is 2.38 bits per heavy atom. The van der Waals surface area contributed by atoms with Crippen molar-refractivity contribution in [1.29, 1.82) is 0 Å². The predicted octanol–water partition coefficient (Wildman–Crippen LogP) is 3.37. The van der Waals surface area contributed by atoms with Crippen LogP contribution in [0.1, 0.15) is 20.3 Å². The molecule has 21 heavy (non-hydrogen) atoms. The first-order valence-electron chi connectivity index (χ1n) is 6.27. The maximum atomic E-state index is 12.9. The zero-order chi connectivity index (χ0) is 16.5. The van der Waals surface area contributed by atoms with E-state index in [2.05, 4.69) is 15.9 Å². The average Bonchev–Trinajstić information content (AvgIpc) is 2.37. The Bertz CT molecular complexity index is 459. The number of allylic oxidation sites excluding steroid dienone is 2. The standard InChI is InChI=1S/C14H18BrF3O3/c1-11(2,8-12(20,9-19)14(16,17)18)10-6-4-5-7-13(10,15)21-3/h4-7,9-10,20H,8H2,1-3H3. The number of hydrogen-bond donors (Lipinski definition) is 1. The number of carbonyl (C=O) groups is 1. The average molecular weight is 371 g/mol. The molecule has 0 aromatic carbocycles. The number of methoxy groups -OCH3 is 1. The van der Waals surface area contributed by atoms with Crippen molar-refractivity contribution in [3.63, 3.8) is 0 Å². The molecule has 1 N–H and O–H groups in total. The van der Waals surface area contributed by atoms with Gasteiger partial charge in [0.15, 0.2) is 6.29 Å². The zero-order valence-electron chi connectivity index (χ0n) is 11.9. The predicted molar refractivity (Wildman–Crippen MR) is 75.9 cm³/mol. The van der Waals surface area contributed by atoms with Crippen LogP contribution < -0.4 is 0 Å². The monoisotopic (exact) mass is 370 g/mol. The smallest absolute Gasteiger partial charge is 0.374 e. The van der Waals surface area contributed by atoms with E-state index in [0.29, 0.717) is 0 Å². The third-order valence-corrected chi connectivity index (χ3v) is 4.81. The second-order valence-corrected chi connectivity index (χ2v) is 7.07. The van der Waals surface area contributed by atoms with Gasteiger partial charge in [0.05, 0.1) is 0 Å². The van der Waals surface area contributed by atoms with Crippen molar-refractivity contribution >= 4 is 22.2 Å². The van der Waals surface area contributed by atoms with Crippen molar-refractivity contribution in [2.75, 3.05) is 7.11 Å². The molecule has 3 unspecified atom stereocenters. The van der Waals surface area contributed by atoms with Gasteiger partial charge in [-0.15, -0.1) is 0 Å². The van der Waals surface area contributed by atoms with Crippen molar-refractivity contribution < 1.29 is 27.8 Å². The van der Waals surface area contributed by atoms with Gasteiger partial charge in [0, 0.05) is 13.0 Å². The third kappa shape index (κ3) is 3.57. The van der Waals surface area contributed by atoms with Crippen LogP contribution in [0.5, 0.6) is 0 Å². The highest BCUT2D eigenvalue weighted by Gasteiger charge is 2.58. The molecule has 3 atom stereocenters. The summed E-state index contributed by atoms with van der Waals surface area (Å²) < 4.78 is 43.1. The molecule has 0 aliphatic heterocycles.